The average molecular weight is 475 g/mol. The van der Waals surface area contributed by atoms with Crippen LogP contribution in [-0.2, 0) is 0 Å². The second-order valence-electron chi connectivity index (χ2n) is 9.43. The Kier molecular flexibility index (Phi) is 3.53. The maximum atomic E-state index is 8.57. The lowest BCUT2D eigenvalue weighted by atomic mass is 9.85. The van der Waals surface area contributed by atoms with Gasteiger partial charge in [0.05, 0.1) is 5.48 Å². The van der Waals surface area contributed by atoms with Gasteiger partial charge >= 0.3 is 0 Å². The van der Waals surface area contributed by atoms with E-state index in [1.807, 2.05) is 48.5 Å². The van der Waals surface area contributed by atoms with Gasteiger partial charge in [0.25, 0.3) is 0 Å². The summed E-state index contributed by atoms with van der Waals surface area (Å²) in [6, 6.07) is 36.2. The molecule has 0 bridgehead atoms. The van der Waals surface area contributed by atoms with Gasteiger partial charge in [0.1, 0.15) is 11.2 Å². The zero-order valence-corrected chi connectivity index (χ0v) is 19.8. The molecule has 172 valence electrons. The van der Waals surface area contributed by atoms with Gasteiger partial charge in [-0.2, -0.15) is 0 Å². The quantitative estimate of drug-likeness (QED) is 0.227. The molecule has 8 rings (SSSR count). The summed E-state index contributed by atoms with van der Waals surface area (Å²) in [6.45, 7) is 0. The van der Waals surface area contributed by atoms with Crippen molar-refractivity contribution in [3.05, 3.63) is 133 Å². The van der Waals surface area contributed by atoms with Gasteiger partial charge in [-0.05, 0) is 78.8 Å². The van der Waals surface area contributed by atoms with E-state index in [9.17, 15) is 0 Å². The summed E-state index contributed by atoms with van der Waals surface area (Å²) in [4.78, 5) is 0. The molecule has 1 heterocycles. The third kappa shape index (κ3) is 3.04. The molecule has 1 heteroatoms. The van der Waals surface area contributed by atoms with Crippen LogP contribution in [0.5, 0.6) is 0 Å². The molecule has 1 aromatic heterocycles. The molecule has 7 aromatic carbocycles. The topological polar surface area (TPSA) is 13.1 Å². The highest BCUT2D eigenvalue weighted by Gasteiger charge is 2.17. The van der Waals surface area contributed by atoms with E-state index in [2.05, 4.69) is 36.4 Å². The van der Waals surface area contributed by atoms with Crippen LogP contribution in [0.2, 0.25) is 0 Å². The third-order valence-corrected chi connectivity index (χ3v) is 7.39. The smallest absolute Gasteiger partial charge is 0.135 e. The molecule has 0 unspecified atom stereocenters. The molecule has 0 aliphatic rings. The van der Waals surface area contributed by atoms with Gasteiger partial charge in [-0.25, -0.2) is 0 Å². The van der Waals surface area contributed by atoms with E-state index in [1.165, 1.54) is 0 Å². The van der Waals surface area contributed by atoms with Crippen molar-refractivity contribution in [2.45, 2.75) is 0 Å². The van der Waals surface area contributed by atoms with E-state index in [1.54, 1.807) is 24.3 Å². The highest BCUT2D eigenvalue weighted by atomic mass is 16.3. The van der Waals surface area contributed by atoms with Gasteiger partial charge < -0.3 is 4.42 Å². The zero-order chi connectivity index (χ0) is 27.8. The van der Waals surface area contributed by atoms with E-state index in [4.69, 9.17) is 9.90 Å². The number of para-hydroxylation sites is 1. The molecule has 1 nitrogen and oxygen atoms in total. The van der Waals surface area contributed by atoms with Crippen molar-refractivity contribution >= 4 is 54.3 Å². The number of furan rings is 1. The Labute approximate surface area is 219 Å². The first kappa shape index (κ1) is 16.7. The molecular weight excluding hydrogens is 448 g/mol. The van der Waals surface area contributed by atoms with Crippen molar-refractivity contribution in [3.63, 3.8) is 0 Å². The molecule has 0 saturated heterocycles. The molecule has 37 heavy (non-hydrogen) atoms. The Morgan fingerprint density at radius 3 is 1.65 bits per heavy atom. The largest absolute Gasteiger partial charge is 0.456 e. The Hall–Kier alpha value is -4.88. The molecule has 0 radical (unpaired) electrons. The Morgan fingerprint density at radius 2 is 0.946 bits per heavy atom. The molecule has 0 aliphatic carbocycles. The summed E-state index contributed by atoms with van der Waals surface area (Å²) >= 11 is 0. The predicted octanol–water partition coefficient (Wildman–Crippen LogP) is 10.4. The van der Waals surface area contributed by atoms with Crippen LogP contribution in [0.1, 0.15) is 5.48 Å². The lowest BCUT2D eigenvalue weighted by molar-refractivity contribution is 0.669. The number of hydrogen-bond donors (Lipinski definition) is 0. The summed E-state index contributed by atoms with van der Waals surface area (Å²) < 4.78 is 40.4. The van der Waals surface area contributed by atoms with Crippen LogP contribution in [0.15, 0.2) is 138 Å². The van der Waals surface area contributed by atoms with Gasteiger partial charge in [-0.15, -0.1) is 0 Å². The summed E-state index contributed by atoms with van der Waals surface area (Å²) in [7, 11) is 0. The average Bonchev–Trinajstić information content (AvgIpc) is 3.35. The molecule has 0 atom stereocenters. The Morgan fingerprint density at radius 1 is 0.405 bits per heavy atom. The van der Waals surface area contributed by atoms with Gasteiger partial charge in [-0.3, -0.25) is 0 Å². The van der Waals surface area contributed by atoms with E-state index in [-0.39, 0.29) is 24.2 Å². The lowest BCUT2D eigenvalue weighted by Crippen LogP contribution is -1.91. The monoisotopic (exact) mass is 474 g/mol. The summed E-state index contributed by atoms with van der Waals surface area (Å²) in [5, 5.41) is 7.61. The van der Waals surface area contributed by atoms with Crippen molar-refractivity contribution in [3.8, 4) is 22.3 Å². The van der Waals surface area contributed by atoms with Gasteiger partial charge in [0.15, 0.2) is 0 Å². The number of fused-ring (bicyclic) bond motifs is 6. The SMILES string of the molecule is [2H]c1cc2c(-c3ccc4ccccc4c3)c3cc([2H])c([2H])cc3c(-c3ccc4oc5ccccc5c4c3)c2cc1[2H]. The maximum absolute atomic E-state index is 8.57. The summed E-state index contributed by atoms with van der Waals surface area (Å²) in [5.41, 5.74) is 5.30. The molecule has 0 amide bonds. The van der Waals surface area contributed by atoms with Crippen molar-refractivity contribution in [2.75, 3.05) is 0 Å². The van der Waals surface area contributed by atoms with Crippen LogP contribution in [0.3, 0.4) is 0 Å². The maximum Gasteiger partial charge on any atom is 0.135 e. The van der Waals surface area contributed by atoms with E-state index in [0.717, 1.165) is 76.5 Å². The normalized spacial score (nSPS) is 13.3. The van der Waals surface area contributed by atoms with Crippen molar-refractivity contribution in [1.29, 1.82) is 0 Å². The number of hydrogen-bond acceptors (Lipinski definition) is 1. The first-order valence-electron chi connectivity index (χ1n) is 14.3. The Balaban J connectivity index is 1.55. The molecular formula is C36H22O. The van der Waals surface area contributed by atoms with E-state index < -0.39 is 0 Å². The minimum absolute atomic E-state index is 0.139. The van der Waals surface area contributed by atoms with E-state index >= 15 is 0 Å². The van der Waals surface area contributed by atoms with Crippen LogP contribution >= 0.6 is 0 Å². The highest BCUT2D eigenvalue weighted by molar-refractivity contribution is 6.22. The Bertz CT molecular complexity index is 2300. The van der Waals surface area contributed by atoms with E-state index in [0.29, 0.717) is 0 Å². The minimum atomic E-state index is 0.139. The number of rotatable bonds is 2. The fourth-order valence-corrected chi connectivity index (χ4v) is 5.73. The van der Waals surface area contributed by atoms with Gasteiger partial charge in [-0.1, -0.05) is 109 Å². The van der Waals surface area contributed by atoms with Crippen LogP contribution in [0.25, 0.3) is 76.5 Å². The van der Waals surface area contributed by atoms with Gasteiger partial charge in [0.2, 0.25) is 0 Å². The van der Waals surface area contributed by atoms with Crippen molar-refractivity contribution in [2.24, 2.45) is 0 Å². The second-order valence-corrected chi connectivity index (χ2v) is 9.43. The fourth-order valence-electron chi connectivity index (χ4n) is 5.73. The second kappa shape index (κ2) is 7.81. The fraction of sp³-hybridized carbons (Fsp3) is 0. The summed E-state index contributed by atoms with van der Waals surface area (Å²) in [5.74, 6) is 0. The molecule has 0 saturated carbocycles. The minimum Gasteiger partial charge on any atom is -0.456 e. The molecule has 0 aliphatic heterocycles. The highest BCUT2D eigenvalue weighted by Crippen LogP contribution is 2.45. The lowest BCUT2D eigenvalue weighted by Gasteiger charge is -2.18. The first-order chi connectivity index (χ1) is 20.0. The summed E-state index contributed by atoms with van der Waals surface area (Å²) in [6.07, 6.45) is 0. The van der Waals surface area contributed by atoms with Gasteiger partial charge in [0, 0.05) is 10.8 Å². The van der Waals surface area contributed by atoms with Crippen LogP contribution in [0, 0.1) is 0 Å². The third-order valence-electron chi connectivity index (χ3n) is 7.39. The standard InChI is InChI=1S/C36H22O/c1-2-10-24-21-25(18-17-23(24)9-1)35-28-12-3-5-14-30(28)36(31-15-6-4-13-29(31)35)26-19-20-34-32(22-26)27-11-7-8-16-33(27)37-34/h1-22H/i3D,4D,5D,6D. The molecule has 0 N–H and O–H groups in total. The number of benzene rings is 7. The molecule has 0 fully saturated rings. The first-order valence-corrected chi connectivity index (χ1v) is 12.3. The molecule has 0 spiro atoms. The predicted molar refractivity (Wildman–Crippen MR) is 157 cm³/mol. The molecule has 8 aromatic rings. The van der Waals surface area contributed by atoms with Crippen LogP contribution in [-0.4, -0.2) is 0 Å². The zero-order valence-electron chi connectivity index (χ0n) is 23.8. The van der Waals surface area contributed by atoms with Crippen LogP contribution < -0.4 is 0 Å². The van der Waals surface area contributed by atoms with Crippen molar-refractivity contribution in [1.82, 2.24) is 0 Å². The van der Waals surface area contributed by atoms with Crippen LogP contribution in [0.4, 0.5) is 0 Å². The van der Waals surface area contributed by atoms with Crippen molar-refractivity contribution < 1.29 is 9.90 Å².